The molecule has 1 unspecified atom stereocenters. The van der Waals surface area contributed by atoms with Crippen molar-refractivity contribution in [3.63, 3.8) is 0 Å². The fourth-order valence-electron chi connectivity index (χ4n) is 4.74. The Kier molecular flexibility index (Phi) is 5.95. The highest BCUT2D eigenvalue weighted by molar-refractivity contribution is 7.89. The summed E-state index contributed by atoms with van der Waals surface area (Å²) in [6.45, 7) is 4.05. The molecule has 9 nitrogen and oxygen atoms in total. The summed E-state index contributed by atoms with van der Waals surface area (Å²) in [6, 6.07) is 9.31. The molecule has 2 atom stereocenters. The van der Waals surface area contributed by atoms with E-state index in [-0.39, 0.29) is 12.0 Å². The van der Waals surface area contributed by atoms with Crippen LogP contribution in [0.4, 0.5) is 4.79 Å². The lowest BCUT2D eigenvalue weighted by Crippen LogP contribution is -2.53. The third kappa shape index (κ3) is 4.22. The molecule has 3 amide bonds. The molecule has 3 heterocycles. The molecular weight excluding hydrogens is 432 g/mol. The van der Waals surface area contributed by atoms with E-state index in [0.717, 1.165) is 22.2 Å². The molecule has 2 N–H and O–H groups in total. The second kappa shape index (κ2) is 8.42. The second-order valence-electron chi connectivity index (χ2n) is 8.76. The van der Waals surface area contributed by atoms with Crippen LogP contribution in [0, 0.1) is 12.8 Å². The second-order valence-corrected chi connectivity index (χ2v) is 10.7. The first-order valence-corrected chi connectivity index (χ1v) is 12.2. The lowest BCUT2D eigenvalue weighted by molar-refractivity contribution is -0.122. The number of benzene rings is 1. The maximum absolute atomic E-state index is 13.0. The summed E-state index contributed by atoms with van der Waals surface area (Å²) in [7, 11) is -2.06. The number of sulfonamides is 1. The van der Waals surface area contributed by atoms with Crippen molar-refractivity contribution in [2.24, 2.45) is 5.92 Å². The Morgan fingerprint density at radius 2 is 1.94 bits per heavy atom. The zero-order valence-corrected chi connectivity index (χ0v) is 19.2. The van der Waals surface area contributed by atoms with Gasteiger partial charge in [-0.2, -0.15) is 0 Å². The number of aryl methyl sites for hydroxylation is 1. The molecule has 0 bridgehead atoms. The number of hydrogen-bond acceptors (Lipinski definition) is 6. The number of ether oxygens (including phenoxy) is 1. The van der Waals surface area contributed by atoms with Crippen molar-refractivity contribution >= 4 is 32.9 Å². The van der Waals surface area contributed by atoms with Crippen LogP contribution in [0.5, 0.6) is 0 Å². The molecule has 32 heavy (non-hydrogen) atoms. The summed E-state index contributed by atoms with van der Waals surface area (Å²) < 4.78 is 33.3. The van der Waals surface area contributed by atoms with Crippen LogP contribution >= 0.6 is 0 Å². The summed E-state index contributed by atoms with van der Waals surface area (Å²) in [5, 5.41) is 5.57. The number of methoxy groups -OCH3 is 1. The molecule has 0 aliphatic carbocycles. The summed E-state index contributed by atoms with van der Waals surface area (Å²) in [4.78, 5) is 28.1. The van der Waals surface area contributed by atoms with Crippen molar-refractivity contribution in [1.82, 2.24) is 19.9 Å². The number of pyridine rings is 1. The van der Waals surface area contributed by atoms with Crippen molar-refractivity contribution < 1.29 is 22.7 Å². The number of imide groups is 1. The third-order valence-corrected chi connectivity index (χ3v) is 8.44. The molecule has 0 radical (unpaired) electrons. The minimum absolute atomic E-state index is 0.140. The predicted octanol–water partition coefficient (Wildman–Crippen LogP) is 1.87. The Bertz CT molecular complexity index is 1160. The lowest BCUT2D eigenvalue weighted by atomic mass is 9.86. The van der Waals surface area contributed by atoms with Crippen molar-refractivity contribution in [3.8, 4) is 0 Å². The van der Waals surface area contributed by atoms with Crippen LogP contribution in [0.3, 0.4) is 0 Å². The number of nitrogens with zero attached hydrogens (tertiary/aromatic N) is 2. The first-order chi connectivity index (χ1) is 15.1. The normalized spacial score (nSPS) is 23.8. The number of hydrogen-bond donors (Lipinski definition) is 2. The lowest BCUT2D eigenvalue weighted by Gasteiger charge is -2.36. The number of piperidine rings is 1. The van der Waals surface area contributed by atoms with Crippen LogP contribution in [-0.2, 0) is 19.6 Å². The monoisotopic (exact) mass is 460 g/mol. The average Bonchev–Trinajstić information content (AvgIpc) is 2.99. The van der Waals surface area contributed by atoms with Gasteiger partial charge in [-0.05, 0) is 50.3 Å². The number of urea groups is 1. The van der Waals surface area contributed by atoms with Crippen LogP contribution < -0.4 is 10.6 Å². The Balaban J connectivity index is 1.49. The zero-order valence-electron chi connectivity index (χ0n) is 18.4. The molecule has 2 fully saturated rings. The van der Waals surface area contributed by atoms with Gasteiger partial charge < -0.3 is 10.1 Å². The van der Waals surface area contributed by atoms with E-state index in [1.165, 1.54) is 11.2 Å². The molecule has 2 aliphatic heterocycles. The van der Waals surface area contributed by atoms with Gasteiger partial charge in [-0.25, -0.2) is 17.5 Å². The number of amides is 3. The average molecular weight is 461 g/mol. The zero-order chi connectivity index (χ0) is 23.1. The predicted molar refractivity (Wildman–Crippen MR) is 119 cm³/mol. The fraction of sp³-hybridized carbons (Fsp3) is 0.500. The molecule has 10 heteroatoms. The molecule has 2 aromatic rings. The SMILES string of the molecule is COC(c1cc(C)nc2ccccc12)C1CCN(S(=O)(=O)C[C@@]2(C)NC(=O)NC2=O)CC1. The first kappa shape index (κ1) is 22.6. The highest BCUT2D eigenvalue weighted by atomic mass is 32.2. The number of nitrogens with one attached hydrogen (secondary N) is 2. The molecular formula is C22H28N4O5S. The minimum atomic E-state index is -3.74. The molecule has 0 spiro atoms. The number of carbonyl (C=O) groups excluding carboxylic acids is 2. The summed E-state index contributed by atoms with van der Waals surface area (Å²) >= 11 is 0. The summed E-state index contributed by atoms with van der Waals surface area (Å²) in [5.41, 5.74) is 1.42. The maximum Gasteiger partial charge on any atom is 0.322 e. The largest absolute Gasteiger partial charge is 0.376 e. The standard InChI is InChI=1S/C22H28N4O5S/c1-14-12-17(16-6-4-5-7-18(16)23-14)19(31-3)15-8-10-26(11-9-15)32(29,30)13-22(2)20(27)24-21(28)25-22/h4-7,12,15,19H,8-11,13H2,1-3H3,(H2,24,25,27,28)/t19?,22-/m1/s1. The topological polar surface area (TPSA) is 118 Å². The van der Waals surface area contributed by atoms with Crippen molar-refractivity contribution in [2.75, 3.05) is 26.0 Å². The molecule has 2 saturated heterocycles. The fourth-order valence-corrected chi connectivity index (χ4v) is 6.63. The van der Waals surface area contributed by atoms with Crippen LogP contribution in [0.15, 0.2) is 30.3 Å². The van der Waals surface area contributed by atoms with Gasteiger partial charge in [0.2, 0.25) is 10.0 Å². The van der Waals surface area contributed by atoms with Gasteiger partial charge in [0.05, 0.1) is 17.4 Å². The summed E-state index contributed by atoms with van der Waals surface area (Å²) in [6.07, 6.45) is 1.08. The molecule has 172 valence electrons. The molecule has 1 aromatic heterocycles. The Hall–Kier alpha value is -2.56. The van der Waals surface area contributed by atoms with E-state index >= 15 is 0 Å². The molecule has 2 aliphatic rings. The molecule has 1 aromatic carbocycles. The van der Waals surface area contributed by atoms with Gasteiger partial charge >= 0.3 is 6.03 Å². The number of para-hydroxylation sites is 1. The Labute approximate surface area is 187 Å². The minimum Gasteiger partial charge on any atom is -0.376 e. The number of carbonyl (C=O) groups is 2. The van der Waals surface area contributed by atoms with E-state index in [1.807, 2.05) is 37.3 Å². The first-order valence-electron chi connectivity index (χ1n) is 10.6. The molecule has 0 saturated carbocycles. The third-order valence-electron chi connectivity index (χ3n) is 6.35. The van der Waals surface area contributed by atoms with E-state index in [2.05, 4.69) is 15.6 Å². The van der Waals surface area contributed by atoms with E-state index in [1.54, 1.807) is 7.11 Å². The van der Waals surface area contributed by atoms with Gasteiger partial charge in [0.25, 0.3) is 5.91 Å². The van der Waals surface area contributed by atoms with Gasteiger partial charge in [-0.15, -0.1) is 0 Å². The Morgan fingerprint density at radius 1 is 1.25 bits per heavy atom. The highest BCUT2D eigenvalue weighted by Crippen LogP contribution is 2.37. The van der Waals surface area contributed by atoms with Crippen LogP contribution in [-0.4, -0.2) is 61.1 Å². The van der Waals surface area contributed by atoms with Crippen LogP contribution in [0.25, 0.3) is 10.9 Å². The van der Waals surface area contributed by atoms with Crippen molar-refractivity contribution in [3.05, 3.63) is 41.6 Å². The number of fused-ring (bicyclic) bond motifs is 1. The smallest absolute Gasteiger partial charge is 0.322 e. The molecule has 4 rings (SSSR count). The van der Waals surface area contributed by atoms with E-state index in [4.69, 9.17) is 4.74 Å². The van der Waals surface area contributed by atoms with E-state index in [0.29, 0.717) is 25.9 Å². The number of rotatable bonds is 6. The van der Waals surface area contributed by atoms with Crippen molar-refractivity contribution in [1.29, 1.82) is 0 Å². The van der Waals surface area contributed by atoms with Gasteiger partial charge in [0, 0.05) is 31.3 Å². The maximum atomic E-state index is 13.0. The summed E-state index contributed by atoms with van der Waals surface area (Å²) in [5.74, 6) is -0.952. The van der Waals surface area contributed by atoms with Crippen LogP contribution in [0.2, 0.25) is 0 Å². The quantitative estimate of drug-likeness (QED) is 0.636. The van der Waals surface area contributed by atoms with Gasteiger partial charge in [0.1, 0.15) is 5.54 Å². The van der Waals surface area contributed by atoms with E-state index < -0.39 is 33.3 Å². The van der Waals surface area contributed by atoms with Gasteiger partial charge in [-0.3, -0.25) is 15.1 Å². The highest BCUT2D eigenvalue weighted by Gasteiger charge is 2.47. The van der Waals surface area contributed by atoms with Crippen LogP contribution in [0.1, 0.15) is 37.1 Å². The number of aromatic nitrogens is 1. The van der Waals surface area contributed by atoms with E-state index in [9.17, 15) is 18.0 Å². The van der Waals surface area contributed by atoms with Crippen molar-refractivity contribution in [2.45, 2.75) is 38.3 Å². The van der Waals surface area contributed by atoms with Gasteiger partial charge in [0.15, 0.2) is 0 Å². The Morgan fingerprint density at radius 3 is 2.56 bits per heavy atom. The van der Waals surface area contributed by atoms with Gasteiger partial charge in [-0.1, -0.05) is 18.2 Å².